The summed E-state index contributed by atoms with van der Waals surface area (Å²) in [6.45, 7) is 2.47. The average Bonchev–Trinajstić information content (AvgIpc) is 2.72. The van der Waals surface area contributed by atoms with E-state index in [1.54, 1.807) is 34.5 Å². The normalized spacial score (nSPS) is 12.6. The fourth-order valence-electron chi connectivity index (χ4n) is 2.93. The molecule has 1 unspecified atom stereocenters. The highest BCUT2D eigenvalue weighted by Crippen LogP contribution is 2.39. The number of ether oxygens (including phenoxy) is 4. The molecule has 2 atom stereocenters. The molecule has 0 aliphatic heterocycles. The van der Waals surface area contributed by atoms with Gasteiger partial charge in [-0.05, 0) is 31.2 Å². The van der Waals surface area contributed by atoms with Crippen LogP contribution in [0, 0.1) is 0 Å². The molecular weight excluding hydrogens is 360 g/mol. The van der Waals surface area contributed by atoms with Gasteiger partial charge in [0.25, 0.3) is 5.91 Å². The fourth-order valence-corrected chi connectivity index (χ4v) is 2.93. The lowest BCUT2D eigenvalue weighted by Crippen LogP contribution is -3.12. The third-order valence-electron chi connectivity index (χ3n) is 4.72. The summed E-state index contributed by atoms with van der Waals surface area (Å²) in [5.74, 6) is 2.38. The Morgan fingerprint density at radius 1 is 1.00 bits per heavy atom. The van der Waals surface area contributed by atoms with E-state index in [9.17, 15) is 4.79 Å². The lowest BCUT2D eigenvalue weighted by molar-refractivity contribution is -0.907. The van der Waals surface area contributed by atoms with Crippen molar-refractivity contribution in [3.05, 3.63) is 42.0 Å². The second kappa shape index (κ2) is 9.85. The maximum atomic E-state index is 12.7. The molecular formula is C21H29N2O5+. The third-order valence-corrected chi connectivity index (χ3v) is 4.72. The molecule has 7 nitrogen and oxygen atoms in total. The molecule has 0 spiro atoms. The molecule has 0 saturated heterocycles. The molecule has 0 heterocycles. The van der Waals surface area contributed by atoms with Gasteiger partial charge in [0, 0.05) is 11.8 Å². The maximum absolute atomic E-state index is 12.7. The number of rotatable bonds is 9. The summed E-state index contributed by atoms with van der Waals surface area (Å²) >= 11 is 0. The maximum Gasteiger partial charge on any atom is 0.282 e. The fraction of sp³-hybridized carbons (Fsp3) is 0.381. The minimum atomic E-state index is -0.288. The van der Waals surface area contributed by atoms with Crippen molar-refractivity contribution in [1.29, 1.82) is 0 Å². The van der Waals surface area contributed by atoms with Gasteiger partial charge in [-0.2, -0.15) is 0 Å². The Labute approximate surface area is 166 Å². The smallest absolute Gasteiger partial charge is 0.282 e. The topological polar surface area (TPSA) is 70.5 Å². The Balaban J connectivity index is 2.13. The Morgan fingerprint density at radius 2 is 1.71 bits per heavy atom. The van der Waals surface area contributed by atoms with Crippen molar-refractivity contribution in [3.8, 4) is 23.0 Å². The van der Waals surface area contributed by atoms with E-state index in [2.05, 4.69) is 5.32 Å². The summed E-state index contributed by atoms with van der Waals surface area (Å²) in [6, 6.07) is 10.8. The van der Waals surface area contributed by atoms with Crippen molar-refractivity contribution in [2.24, 2.45) is 0 Å². The Morgan fingerprint density at radius 3 is 2.32 bits per heavy atom. The highest BCUT2D eigenvalue weighted by Gasteiger charge is 2.25. The standard InChI is InChI=1S/C21H28N2O5/c1-14(21(24)22-16-8-7-9-17(12-16)25-3)23(2)13-15-10-11-18(26-4)20(28-6)19(15)27-5/h7-12,14H,13H2,1-6H3,(H,22,24)/p+1/t14-/m1/s1. The van der Waals surface area contributed by atoms with Gasteiger partial charge >= 0.3 is 0 Å². The highest BCUT2D eigenvalue weighted by atomic mass is 16.5. The van der Waals surface area contributed by atoms with Gasteiger partial charge in [0.2, 0.25) is 5.75 Å². The van der Waals surface area contributed by atoms with Gasteiger partial charge in [0.1, 0.15) is 12.3 Å². The number of likely N-dealkylation sites (N-methyl/N-ethyl adjacent to an activating group) is 1. The first-order valence-corrected chi connectivity index (χ1v) is 9.00. The van der Waals surface area contributed by atoms with Crippen LogP contribution in [-0.4, -0.2) is 47.4 Å². The van der Waals surface area contributed by atoms with Crippen LogP contribution in [-0.2, 0) is 11.3 Å². The number of carbonyl (C=O) groups excluding carboxylic acids is 1. The number of quaternary nitrogens is 1. The van der Waals surface area contributed by atoms with E-state index in [0.29, 0.717) is 35.2 Å². The van der Waals surface area contributed by atoms with Crippen LogP contribution in [0.5, 0.6) is 23.0 Å². The summed E-state index contributed by atoms with van der Waals surface area (Å²) in [7, 11) is 8.31. The van der Waals surface area contributed by atoms with E-state index in [4.69, 9.17) is 18.9 Å². The van der Waals surface area contributed by atoms with Crippen molar-refractivity contribution in [2.45, 2.75) is 19.5 Å². The van der Waals surface area contributed by atoms with Gasteiger partial charge < -0.3 is 29.2 Å². The number of amides is 1. The first kappa shape index (κ1) is 21.4. The minimum absolute atomic E-state index is 0.0785. The SMILES string of the molecule is COc1cccc(NC(=O)[C@@H](C)[NH+](C)Cc2ccc(OC)c(OC)c2OC)c1. The van der Waals surface area contributed by atoms with Crippen molar-refractivity contribution in [2.75, 3.05) is 40.8 Å². The highest BCUT2D eigenvalue weighted by molar-refractivity contribution is 5.93. The zero-order valence-corrected chi connectivity index (χ0v) is 17.3. The number of benzene rings is 2. The zero-order valence-electron chi connectivity index (χ0n) is 17.3. The van der Waals surface area contributed by atoms with Crippen molar-refractivity contribution >= 4 is 11.6 Å². The first-order valence-electron chi connectivity index (χ1n) is 9.00. The van der Waals surface area contributed by atoms with E-state index < -0.39 is 0 Å². The number of nitrogens with one attached hydrogen (secondary N) is 2. The van der Waals surface area contributed by atoms with Gasteiger partial charge in [-0.1, -0.05) is 6.07 Å². The molecule has 2 rings (SSSR count). The van der Waals surface area contributed by atoms with Gasteiger partial charge in [-0.3, -0.25) is 4.79 Å². The average molecular weight is 389 g/mol. The molecule has 0 saturated carbocycles. The van der Waals surface area contributed by atoms with E-state index in [1.165, 1.54) is 0 Å². The molecule has 2 aromatic carbocycles. The summed E-state index contributed by atoms with van der Waals surface area (Å²) in [6.07, 6.45) is 0. The molecule has 0 fully saturated rings. The number of carbonyl (C=O) groups is 1. The lowest BCUT2D eigenvalue weighted by Gasteiger charge is -2.23. The number of methoxy groups -OCH3 is 4. The minimum Gasteiger partial charge on any atom is -0.497 e. The molecule has 7 heteroatoms. The molecule has 0 radical (unpaired) electrons. The second-order valence-corrected chi connectivity index (χ2v) is 6.46. The van der Waals surface area contributed by atoms with Crippen molar-refractivity contribution in [1.82, 2.24) is 0 Å². The molecule has 0 bridgehead atoms. The monoisotopic (exact) mass is 389 g/mol. The van der Waals surface area contributed by atoms with Gasteiger partial charge in [-0.25, -0.2) is 0 Å². The Bertz CT molecular complexity index is 809. The van der Waals surface area contributed by atoms with Crippen LogP contribution < -0.4 is 29.2 Å². The van der Waals surface area contributed by atoms with Crippen molar-refractivity contribution in [3.63, 3.8) is 0 Å². The second-order valence-electron chi connectivity index (χ2n) is 6.46. The predicted octanol–water partition coefficient (Wildman–Crippen LogP) is 1.76. The summed E-state index contributed by atoms with van der Waals surface area (Å²) in [5, 5.41) is 2.94. The molecule has 0 aromatic heterocycles. The van der Waals surface area contributed by atoms with Gasteiger partial charge in [0.15, 0.2) is 17.5 Å². The molecule has 2 aromatic rings. The van der Waals surface area contributed by atoms with Gasteiger partial charge in [-0.15, -0.1) is 0 Å². The molecule has 0 aliphatic carbocycles. The molecule has 0 aliphatic rings. The molecule has 1 amide bonds. The van der Waals surface area contributed by atoms with E-state index >= 15 is 0 Å². The zero-order chi connectivity index (χ0) is 20.7. The van der Waals surface area contributed by atoms with Crippen LogP contribution in [0.15, 0.2) is 36.4 Å². The lowest BCUT2D eigenvalue weighted by atomic mass is 10.1. The van der Waals surface area contributed by atoms with Crippen LogP contribution in [0.4, 0.5) is 5.69 Å². The number of anilines is 1. The summed E-state index contributed by atoms with van der Waals surface area (Å²) < 4.78 is 21.5. The number of hydrogen-bond donors (Lipinski definition) is 2. The predicted molar refractivity (Wildman–Crippen MR) is 108 cm³/mol. The van der Waals surface area contributed by atoms with Crippen LogP contribution in [0.25, 0.3) is 0 Å². The van der Waals surface area contributed by atoms with E-state index in [1.807, 2.05) is 44.3 Å². The Kier molecular flexibility index (Phi) is 7.52. The Hall–Kier alpha value is -2.93. The quantitative estimate of drug-likeness (QED) is 0.684. The van der Waals surface area contributed by atoms with Gasteiger partial charge in [0.05, 0.1) is 41.1 Å². The van der Waals surface area contributed by atoms with Crippen LogP contribution in [0.2, 0.25) is 0 Å². The summed E-state index contributed by atoms with van der Waals surface area (Å²) in [4.78, 5) is 13.7. The largest absolute Gasteiger partial charge is 0.497 e. The molecule has 28 heavy (non-hydrogen) atoms. The number of hydrogen-bond acceptors (Lipinski definition) is 5. The molecule has 152 valence electrons. The van der Waals surface area contributed by atoms with Crippen molar-refractivity contribution < 1.29 is 28.6 Å². The van der Waals surface area contributed by atoms with E-state index in [0.717, 1.165) is 10.5 Å². The molecule has 2 N–H and O–H groups in total. The van der Waals surface area contributed by atoms with Crippen LogP contribution >= 0.6 is 0 Å². The third kappa shape index (κ3) is 4.86. The summed E-state index contributed by atoms with van der Waals surface area (Å²) in [5.41, 5.74) is 1.63. The van der Waals surface area contributed by atoms with E-state index in [-0.39, 0.29) is 11.9 Å². The van der Waals surface area contributed by atoms with Crippen LogP contribution in [0.1, 0.15) is 12.5 Å². The first-order chi connectivity index (χ1) is 13.4. The van der Waals surface area contributed by atoms with Crippen LogP contribution in [0.3, 0.4) is 0 Å².